The van der Waals surface area contributed by atoms with Gasteiger partial charge < -0.3 is 10.1 Å². The first-order chi connectivity index (χ1) is 8.59. The van der Waals surface area contributed by atoms with E-state index in [4.69, 9.17) is 16.3 Å². The van der Waals surface area contributed by atoms with Gasteiger partial charge in [0.15, 0.2) is 11.6 Å². The molecule has 100 valence electrons. The Morgan fingerprint density at radius 3 is 2.83 bits per heavy atom. The van der Waals surface area contributed by atoms with Gasteiger partial charge in [0.2, 0.25) is 0 Å². The van der Waals surface area contributed by atoms with Crippen molar-refractivity contribution in [3.63, 3.8) is 0 Å². The molecule has 1 unspecified atom stereocenters. The van der Waals surface area contributed by atoms with E-state index in [2.05, 4.69) is 19.2 Å². The van der Waals surface area contributed by atoms with Crippen molar-refractivity contribution in [3.05, 3.63) is 29.0 Å². The fraction of sp³-hybridized carbons (Fsp3) is 0.571. The molecule has 1 aliphatic heterocycles. The van der Waals surface area contributed by atoms with Crippen LogP contribution in [-0.2, 0) is 0 Å². The number of hydrogen-bond donors (Lipinski definition) is 1. The number of rotatable bonds is 4. The van der Waals surface area contributed by atoms with Crippen molar-refractivity contribution >= 4 is 11.6 Å². The van der Waals surface area contributed by atoms with Crippen LogP contribution in [0.3, 0.4) is 0 Å². The SMILES string of the molecule is CC(C)[C@@H](Oc1cccc(Cl)c1F)C1CCNC1. The fourth-order valence-corrected chi connectivity index (χ4v) is 2.62. The van der Waals surface area contributed by atoms with Gasteiger partial charge in [0.1, 0.15) is 6.10 Å². The molecule has 0 aromatic heterocycles. The Kier molecular flexibility index (Phi) is 4.46. The highest BCUT2D eigenvalue weighted by atomic mass is 35.5. The van der Waals surface area contributed by atoms with Crippen LogP contribution in [0.25, 0.3) is 0 Å². The molecule has 1 heterocycles. The largest absolute Gasteiger partial charge is 0.487 e. The second-order valence-electron chi connectivity index (χ2n) is 5.13. The highest BCUT2D eigenvalue weighted by Gasteiger charge is 2.29. The van der Waals surface area contributed by atoms with Crippen molar-refractivity contribution in [2.45, 2.75) is 26.4 Å². The molecule has 0 amide bonds. The molecule has 18 heavy (non-hydrogen) atoms. The first-order valence-corrected chi connectivity index (χ1v) is 6.78. The summed E-state index contributed by atoms with van der Waals surface area (Å²) >= 11 is 5.77. The van der Waals surface area contributed by atoms with Crippen LogP contribution in [0, 0.1) is 17.7 Å². The molecule has 0 radical (unpaired) electrons. The third-order valence-corrected chi connectivity index (χ3v) is 3.69. The summed E-state index contributed by atoms with van der Waals surface area (Å²) in [5.41, 5.74) is 0. The van der Waals surface area contributed by atoms with E-state index in [9.17, 15) is 4.39 Å². The molecule has 1 aromatic carbocycles. The normalized spacial score (nSPS) is 21.3. The van der Waals surface area contributed by atoms with Crippen LogP contribution >= 0.6 is 11.6 Å². The molecule has 1 aliphatic rings. The molecule has 4 heteroatoms. The second kappa shape index (κ2) is 5.89. The summed E-state index contributed by atoms with van der Waals surface area (Å²) in [4.78, 5) is 0. The van der Waals surface area contributed by atoms with Crippen LogP contribution in [0.15, 0.2) is 18.2 Å². The lowest BCUT2D eigenvalue weighted by Crippen LogP contribution is -2.33. The minimum Gasteiger partial charge on any atom is -0.487 e. The minimum atomic E-state index is -0.462. The molecule has 2 nitrogen and oxygen atoms in total. The maximum atomic E-state index is 13.8. The quantitative estimate of drug-likeness (QED) is 0.905. The number of halogens is 2. The molecular formula is C14H19ClFNO. The molecule has 0 spiro atoms. The summed E-state index contributed by atoms with van der Waals surface area (Å²) in [6.07, 6.45) is 1.10. The minimum absolute atomic E-state index is 0.0213. The van der Waals surface area contributed by atoms with E-state index in [0.717, 1.165) is 19.5 Å². The number of nitrogens with one attached hydrogen (secondary N) is 1. The van der Waals surface area contributed by atoms with E-state index in [1.54, 1.807) is 12.1 Å². The van der Waals surface area contributed by atoms with Gasteiger partial charge in [0.05, 0.1) is 5.02 Å². The topological polar surface area (TPSA) is 21.3 Å². The van der Waals surface area contributed by atoms with Crippen molar-refractivity contribution in [1.82, 2.24) is 5.32 Å². The lowest BCUT2D eigenvalue weighted by Gasteiger charge is -2.28. The van der Waals surface area contributed by atoms with Crippen LogP contribution in [-0.4, -0.2) is 19.2 Å². The zero-order chi connectivity index (χ0) is 13.1. The van der Waals surface area contributed by atoms with E-state index < -0.39 is 5.82 Å². The predicted octanol–water partition coefficient (Wildman–Crippen LogP) is 3.49. The highest BCUT2D eigenvalue weighted by molar-refractivity contribution is 6.30. The number of benzene rings is 1. The smallest absolute Gasteiger partial charge is 0.183 e. The van der Waals surface area contributed by atoms with Crippen LogP contribution in [0.1, 0.15) is 20.3 Å². The summed E-state index contributed by atoms with van der Waals surface area (Å²) in [7, 11) is 0. The van der Waals surface area contributed by atoms with Gasteiger partial charge in [-0.15, -0.1) is 0 Å². The third-order valence-electron chi connectivity index (χ3n) is 3.40. The Hall–Kier alpha value is -0.800. The summed E-state index contributed by atoms with van der Waals surface area (Å²) in [5.74, 6) is 0.570. The van der Waals surface area contributed by atoms with Gasteiger partial charge in [-0.3, -0.25) is 0 Å². The summed E-state index contributed by atoms with van der Waals surface area (Å²) in [6.45, 7) is 6.15. The molecule has 0 saturated carbocycles. The van der Waals surface area contributed by atoms with Crippen molar-refractivity contribution in [1.29, 1.82) is 0 Å². The van der Waals surface area contributed by atoms with E-state index >= 15 is 0 Å². The van der Waals surface area contributed by atoms with Crippen molar-refractivity contribution < 1.29 is 9.13 Å². The van der Waals surface area contributed by atoms with E-state index in [0.29, 0.717) is 11.8 Å². The van der Waals surface area contributed by atoms with Gasteiger partial charge in [0.25, 0.3) is 0 Å². The number of ether oxygens (including phenoxy) is 1. The average Bonchev–Trinajstić information content (AvgIpc) is 2.84. The first-order valence-electron chi connectivity index (χ1n) is 6.41. The molecule has 1 N–H and O–H groups in total. The van der Waals surface area contributed by atoms with Gasteiger partial charge in [-0.2, -0.15) is 0 Å². The zero-order valence-corrected chi connectivity index (χ0v) is 11.5. The molecule has 1 aromatic rings. The maximum Gasteiger partial charge on any atom is 0.183 e. The molecule has 0 bridgehead atoms. The van der Waals surface area contributed by atoms with Gasteiger partial charge >= 0.3 is 0 Å². The first kappa shape index (κ1) is 13.6. The van der Waals surface area contributed by atoms with Crippen molar-refractivity contribution in [2.75, 3.05) is 13.1 Å². The Labute approximate surface area is 112 Å². The van der Waals surface area contributed by atoms with Crippen LogP contribution < -0.4 is 10.1 Å². The van der Waals surface area contributed by atoms with E-state index in [1.165, 1.54) is 6.07 Å². The van der Waals surface area contributed by atoms with Gasteiger partial charge in [-0.05, 0) is 31.0 Å². The van der Waals surface area contributed by atoms with E-state index in [-0.39, 0.29) is 16.9 Å². The average molecular weight is 272 g/mol. The maximum absolute atomic E-state index is 13.8. The Morgan fingerprint density at radius 2 is 2.22 bits per heavy atom. The predicted molar refractivity (Wildman–Crippen MR) is 71.6 cm³/mol. The Bertz CT molecular complexity index is 405. The standard InChI is InChI=1S/C14H19ClFNO/c1-9(2)14(10-6-7-17-8-10)18-12-5-3-4-11(15)13(12)16/h3-5,9-10,14,17H,6-8H2,1-2H3/t10?,14-/m1/s1. The molecule has 0 aliphatic carbocycles. The van der Waals surface area contributed by atoms with Gasteiger partial charge in [0, 0.05) is 12.5 Å². The van der Waals surface area contributed by atoms with E-state index in [1.807, 2.05) is 0 Å². The van der Waals surface area contributed by atoms with Gasteiger partial charge in [-0.25, -0.2) is 4.39 Å². The number of hydrogen-bond acceptors (Lipinski definition) is 2. The van der Waals surface area contributed by atoms with Gasteiger partial charge in [-0.1, -0.05) is 31.5 Å². The third kappa shape index (κ3) is 2.96. The Balaban J connectivity index is 2.15. The fourth-order valence-electron chi connectivity index (χ4n) is 2.46. The van der Waals surface area contributed by atoms with Crippen molar-refractivity contribution in [3.8, 4) is 5.75 Å². The summed E-state index contributed by atoms with van der Waals surface area (Å²) in [6, 6.07) is 4.88. The lowest BCUT2D eigenvalue weighted by molar-refractivity contribution is 0.0928. The van der Waals surface area contributed by atoms with Crippen molar-refractivity contribution in [2.24, 2.45) is 11.8 Å². The lowest BCUT2D eigenvalue weighted by atomic mass is 9.92. The molecule has 2 atom stereocenters. The Morgan fingerprint density at radius 1 is 1.44 bits per heavy atom. The van der Waals surface area contributed by atoms with Crippen LogP contribution in [0.2, 0.25) is 5.02 Å². The highest BCUT2D eigenvalue weighted by Crippen LogP contribution is 2.29. The molecule has 1 fully saturated rings. The van der Waals surface area contributed by atoms with Crippen LogP contribution in [0.4, 0.5) is 4.39 Å². The molecule has 1 saturated heterocycles. The molecule has 2 rings (SSSR count). The summed E-state index contributed by atoms with van der Waals surface area (Å²) in [5, 5.41) is 3.43. The summed E-state index contributed by atoms with van der Waals surface area (Å²) < 4.78 is 19.7. The second-order valence-corrected chi connectivity index (χ2v) is 5.54. The monoisotopic (exact) mass is 271 g/mol. The van der Waals surface area contributed by atoms with Crippen LogP contribution in [0.5, 0.6) is 5.75 Å². The zero-order valence-electron chi connectivity index (χ0n) is 10.7. The molecular weight excluding hydrogens is 253 g/mol.